The molecule has 1 aliphatic heterocycles. The number of imidazole rings is 2. The lowest BCUT2D eigenvalue weighted by atomic mass is 10.0. The van der Waals surface area contributed by atoms with Crippen LogP contribution in [-0.4, -0.2) is 68.0 Å². The van der Waals surface area contributed by atoms with Gasteiger partial charge in [0.15, 0.2) is 0 Å². The maximum absolute atomic E-state index is 12.8. The van der Waals surface area contributed by atoms with Crippen LogP contribution in [0.5, 0.6) is 0 Å². The van der Waals surface area contributed by atoms with Gasteiger partial charge in [-0.05, 0) is 18.4 Å². The van der Waals surface area contributed by atoms with E-state index >= 15 is 0 Å². The Hall–Kier alpha value is -3.01. The number of carbonyl (C=O) groups excluding carboxylic acids is 1. The van der Waals surface area contributed by atoms with E-state index in [0.717, 1.165) is 50.1 Å². The number of piperazine rings is 1. The maximum atomic E-state index is 12.8. The lowest BCUT2D eigenvalue weighted by Crippen LogP contribution is -2.66. The third-order valence-corrected chi connectivity index (χ3v) is 7.41. The molecule has 0 aliphatic carbocycles. The first kappa shape index (κ1) is 26.1. The molecule has 1 aliphatic rings. The molecule has 2 amide bonds. The van der Waals surface area contributed by atoms with Crippen LogP contribution in [0.2, 0.25) is 0 Å². The first-order valence-electron chi connectivity index (χ1n) is 13.2. The fourth-order valence-electron chi connectivity index (χ4n) is 5.47. The highest BCUT2D eigenvalue weighted by molar-refractivity contribution is 5.85. The summed E-state index contributed by atoms with van der Waals surface area (Å²) in [7, 11) is 0. The van der Waals surface area contributed by atoms with Gasteiger partial charge < -0.3 is 15.7 Å². The summed E-state index contributed by atoms with van der Waals surface area (Å²) in [4.78, 5) is 32.8. The van der Waals surface area contributed by atoms with Crippen molar-refractivity contribution >= 4 is 11.7 Å². The van der Waals surface area contributed by atoms with E-state index in [0.29, 0.717) is 19.1 Å². The number of primary amides is 1. The highest BCUT2D eigenvalue weighted by atomic mass is 16.2. The molecular formula is C27H41N8O+. The topological polar surface area (TPSA) is 107 Å². The molecule has 1 fully saturated rings. The van der Waals surface area contributed by atoms with E-state index < -0.39 is 0 Å². The number of hydrogen-bond donors (Lipinski definition) is 3. The number of hydrogen-bond acceptors (Lipinski definition) is 5. The Morgan fingerprint density at radius 1 is 0.972 bits per heavy atom. The van der Waals surface area contributed by atoms with Crippen LogP contribution in [0.1, 0.15) is 56.7 Å². The summed E-state index contributed by atoms with van der Waals surface area (Å²) in [6.45, 7) is 9.85. The first-order valence-corrected chi connectivity index (χ1v) is 13.2. The van der Waals surface area contributed by atoms with Crippen molar-refractivity contribution in [2.24, 2.45) is 5.73 Å². The highest BCUT2D eigenvalue weighted by Gasteiger charge is 2.42. The van der Waals surface area contributed by atoms with Crippen LogP contribution in [0.15, 0.2) is 49.1 Å². The molecule has 36 heavy (non-hydrogen) atoms. The van der Waals surface area contributed by atoms with Crippen LogP contribution >= 0.6 is 0 Å². The molecule has 9 heteroatoms. The van der Waals surface area contributed by atoms with Crippen molar-refractivity contribution in [2.45, 2.75) is 65.2 Å². The van der Waals surface area contributed by atoms with E-state index in [1.807, 2.05) is 12.4 Å². The van der Waals surface area contributed by atoms with E-state index in [2.05, 4.69) is 67.8 Å². The number of amides is 2. The van der Waals surface area contributed by atoms with Gasteiger partial charge in [-0.3, -0.25) is 9.80 Å². The van der Waals surface area contributed by atoms with E-state index in [1.54, 1.807) is 12.4 Å². The van der Waals surface area contributed by atoms with Crippen LogP contribution in [0.4, 0.5) is 10.5 Å². The molecule has 3 heterocycles. The Bertz CT molecular complexity index is 998. The van der Waals surface area contributed by atoms with E-state index in [9.17, 15) is 4.79 Å². The SMILES string of the molecule is CCCC(CCC)N1CC[N+](C(N)=O)(c2ccc(CN(Cc3ncc[nH]3)Cc3ncc[nH]3)cc2)CC1. The smallest absolute Gasteiger partial charge is 0.348 e. The lowest BCUT2D eigenvalue weighted by Gasteiger charge is -2.43. The summed E-state index contributed by atoms with van der Waals surface area (Å²) in [6, 6.07) is 8.76. The number of nitrogens with zero attached hydrogens (tertiary/aromatic N) is 5. The zero-order valence-corrected chi connectivity index (χ0v) is 21.7. The number of aromatic amines is 2. The molecule has 0 saturated carbocycles. The van der Waals surface area contributed by atoms with Gasteiger partial charge in [0.05, 0.1) is 13.1 Å². The summed E-state index contributed by atoms with van der Waals surface area (Å²) in [5.74, 6) is 1.83. The number of urea groups is 1. The fourth-order valence-corrected chi connectivity index (χ4v) is 5.47. The number of quaternary nitrogens is 1. The number of nitrogens with one attached hydrogen (secondary N) is 2. The molecule has 0 atom stereocenters. The summed E-state index contributed by atoms with van der Waals surface area (Å²) in [6.07, 6.45) is 12.0. The molecular weight excluding hydrogens is 452 g/mol. The molecule has 0 radical (unpaired) electrons. The molecule has 2 aromatic heterocycles. The molecule has 1 saturated heterocycles. The standard InChI is InChI=1S/C27H40N8O/c1-3-5-23(6-4-2)34-15-17-35(18-16-34,27(28)36)24-9-7-22(8-10-24)19-33(20-25-29-11-12-30-25)21-26-31-13-14-32-26/h7-14,23H,3-6,15-21H2,1-2H3,(H3-,28,29,30,31,32,36)/p+1. The largest absolute Gasteiger partial charge is 0.419 e. The molecule has 0 unspecified atom stereocenters. The second-order valence-corrected chi connectivity index (χ2v) is 9.90. The number of rotatable bonds is 12. The van der Waals surface area contributed by atoms with Crippen LogP contribution in [0.25, 0.3) is 0 Å². The third-order valence-electron chi connectivity index (χ3n) is 7.41. The molecule has 4 N–H and O–H groups in total. The Balaban J connectivity index is 1.45. The van der Waals surface area contributed by atoms with Crippen molar-refractivity contribution < 1.29 is 4.79 Å². The number of benzene rings is 1. The van der Waals surface area contributed by atoms with Gasteiger partial charge in [-0.2, -0.15) is 0 Å². The molecule has 0 bridgehead atoms. The lowest BCUT2D eigenvalue weighted by molar-refractivity contribution is 0.104. The second kappa shape index (κ2) is 12.3. The van der Waals surface area contributed by atoms with Crippen molar-refractivity contribution in [1.29, 1.82) is 0 Å². The van der Waals surface area contributed by atoms with Gasteiger partial charge in [0.2, 0.25) is 0 Å². The Labute approximate surface area is 214 Å². The average Bonchev–Trinajstić information content (AvgIpc) is 3.59. The van der Waals surface area contributed by atoms with Crippen molar-refractivity contribution in [3.8, 4) is 0 Å². The summed E-state index contributed by atoms with van der Waals surface area (Å²) in [5, 5.41) is 0. The third kappa shape index (κ3) is 6.21. The van der Waals surface area contributed by atoms with Crippen molar-refractivity contribution in [3.05, 3.63) is 66.3 Å². The first-order chi connectivity index (χ1) is 17.5. The molecule has 194 valence electrons. The van der Waals surface area contributed by atoms with Gasteiger partial charge in [-0.25, -0.2) is 19.2 Å². The van der Waals surface area contributed by atoms with Gasteiger partial charge >= 0.3 is 6.03 Å². The van der Waals surface area contributed by atoms with Crippen molar-refractivity contribution in [1.82, 2.24) is 34.2 Å². The van der Waals surface area contributed by atoms with Gasteiger partial charge in [0.25, 0.3) is 0 Å². The van der Waals surface area contributed by atoms with Gasteiger partial charge in [0.1, 0.15) is 30.4 Å². The predicted molar refractivity (Wildman–Crippen MR) is 143 cm³/mol. The van der Waals surface area contributed by atoms with Crippen LogP contribution in [0, 0.1) is 0 Å². The van der Waals surface area contributed by atoms with E-state index in [4.69, 9.17) is 5.73 Å². The summed E-state index contributed by atoms with van der Waals surface area (Å²) >= 11 is 0. The predicted octanol–water partition coefficient (Wildman–Crippen LogP) is 4.01. The molecule has 4 rings (SSSR count). The fraction of sp³-hybridized carbons (Fsp3) is 0.519. The molecule has 9 nitrogen and oxygen atoms in total. The minimum atomic E-state index is -0.262. The monoisotopic (exact) mass is 493 g/mol. The van der Waals surface area contributed by atoms with Crippen LogP contribution < -0.4 is 10.2 Å². The Morgan fingerprint density at radius 3 is 1.97 bits per heavy atom. The van der Waals surface area contributed by atoms with Crippen LogP contribution in [-0.2, 0) is 19.6 Å². The Kier molecular flexibility index (Phi) is 8.90. The summed E-state index contributed by atoms with van der Waals surface area (Å²) < 4.78 is 0.226. The highest BCUT2D eigenvalue weighted by Crippen LogP contribution is 2.28. The minimum absolute atomic E-state index is 0.226. The van der Waals surface area contributed by atoms with Gasteiger partial charge in [-0.1, -0.05) is 38.8 Å². The van der Waals surface area contributed by atoms with E-state index in [-0.39, 0.29) is 10.5 Å². The quantitative estimate of drug-likeness (QED) is 0.331. The van der Waals surface area contributed by atoms with Crippen molar-refractivity contribution in [2.75, 3.05) is 26.2 Å². The van der Waals surface area contributed by atoms with Crippen molar-refractivity contribution in [3.63, 3.8) is 0 Å². The maximum Gasteiger partial charge on any atom is 0.419 e. The van der Waals surface area contributed by atoms with Gasteiger partial charge in [0, 0.05) is 62.6 Å². The molecule has 1 aromatic carbocycles. The number of aromatic nitrogens is 4. The number of carbonyl (C=O) groups is 1. The van der Waals surface area contributed by atoms with E-state index in [1.165, 1.54) is 31.2 Å². The molecule has 3 aromatic rings. The molecule has 0 spiro atoms. The Morgan fingerprint density at radius 2 is 1.53 bits per heavy atom. The second-order valence-electron chi connectivity index (χ2n) is 9.90. The average molecular weight is 494 g/mol. The van der Waals surface area contributed by atoms with Crippen LogP contribution in [0.3, 0.4) is 0 Å². The number of nitrogens with two attached hydrogens (primary N) is 1. The summed E-state index contributed by atoms with van der Waals surface area (Å²) in [5.41, 5.74) is 8.18. The zero-order valence-electron chi connectivity index (χ0n) is 21.7. The minimum Gasteiger partial charge on any atom is -0.348 e. The normalized spacial score (nSPS) is 16.1. The van der Waals surface area contributed by atoms with Gasteiger partial charge in [-0.15, -0.1) is 0 Å². The zero-order chi connectivity index (χ0) is 25.4. The number of H-pyrrole nitrogens is 2.